The van der Waals surface area contributed by atoms with Crippen LogP contribution in [0.5, 0.6) is 0 Å². The molecule has 7 nitrogen and oxygen atoms in total. The molecule has 0 saturated carbocycles. The average Bonchev–Trinajstić information content (AvgIpc) is 3.17. The van der Waals surface area contributed by atoms with Gasteiger partial charge in [-0.2, -0.15) is 5.10 Å². The van der Waals surface area contributed by atoms with Crippen molar-refractivity contribution in [2.45, 2.75) is 26.5 Å². The molecule has 1 atom stereocenters. The fourth-order valence-corrected chi connectivity index (χ4v) is 3.32. The Hall–Kier alpha value is -4.07. The minimum Gasteiger partial charge on any atom is -0.443 e. The van der Waals surface area contributed by atoms with Crippen LogP contribution in [0.4, 0.5) is 4.39 Å². The van der Waals surface area contributed by atoms with Gasteiger partial charge in [0.2, 0.25) is 11.6 Å². The van der Waals surface area contributed by atoms with E-state index in [9.17, 15) is 9.18 Å². The number of carbonyl (C=O) groups is 1. The molecular weight excluding hydrogens is 409 g/mol. The van der Waals surface area contributed by atoms with Crippen LogP contribution in [0, 0.1) is 12.7 Å². The number of aryl methyl sites for hydroxylation is 1. The lowest BCUT2D eigenvalue weighted by Gasteiger charge is -2.32. The van der Waals surface area contributed by atoms with Gasteiger partial charge in [-0.05, 0) is 50.2 Å². The van der Waals surface area contributed by atoms with Gasteiger partial charge in [-0.25, -0.2) is 14.8 Å². The average molecular weight is 431 g/mol. The summed E-state index contributed by atoms with van der Waals surface area (Å²) in [6, 6.07) is 16.7. The van der Waals surface area contributed by atoms with E-state index < -0.39 is 5.72 Å². The Balaban J connectivity index is 1.65. The number of rotatable bonds is 4. The van der Waals surface area contributed by atoms with Crippen LogP contribution in [0.1, 0.15) is 40.9 Å². The number of amidine groups is 1. The maximum atomic E-state index is 13.5. The first-order valence-corrected chi connectivity index (χ1v) is 10.0. The lowest BCUT2D eigenvalue weighted by Crippen LogP contribution is -2.42. The maximum absolute atomic E-state index is 13.5. The minimum atomic E-state index is -1.10. The van der Waals surface area contributed by atoms with Gasteiger partial charge in [0.15, 0.2) is 0 Å². The van der Waals surface area contributed by atoms with Crippen LogP contribution in [0.3, 0.4) is 0 Å². The first kappa shape index (κ1) is 21.2. The van der Waals surface area contributed by atoms with Gasteiger partial charge in [-0.15, -0.1) is 5.10 Å². The van der Waals surface area contributed by atoms with Crippen molar-refractivity contribution in [3.8, 4) is 0 Å². The SMILES string of the molecule is C/C(=N\NC(=O)c1ccc(C)cc1)N1N=C(c2ccncc2)OC1(C)c1ccc(F)cc1. The van der Waals surface area contributed by atoms with Gasteiger partial charge in [-0.1, -0.05) is 29.8 Å². The Morgan fingerprint density at radius 2 is 1.72 bits per heavy atom. The number of hydrogen-bond acceptors (Lipinski definition) is 5. The summed E-state index contributed by atoms with van der Waals surface area (Å²) < 4.78 is 19.8. The Morgan fingerprint density at radius 1 is 1.06 bits per heavy atom. The highest BCUT2D eigenvalue weighted by Crippen LogP contribution is 2.36. The molecule has 2 aromatic carbocycles. The second-order valence-electron chi connectivity index (χ2n) is 7.51. The number of halogens is 1. The van der Waals surface area contributed by atoms with Crippen molar-refractivity contribution in [3.63, 3.8) is 0 Å². The Morgan fingerprint density at radius 3 is 2.38 bits per heavy atom. The highest BCUT2D eigenvalue weighted by atomic mass is 19.1. The van der Waals surface area contributed by atoms with E-state index in [0.717, 1.165) is 11.1 Å². The van der Waals surface area contributed by atoms with E-state index >= 15 is 0 Å². The molecule has 0 fully saturated rings. The van der Waals surface area contributed by atoms with Crippen LogP contribution >= 0.6 is 0 Å². The van der Waals surface area contributed by atoms with Gasteiger partial charge in [0.1, 0.15) is 11.7 Å². The third kappa shape index (κ3) is 4.20. The largest absolute Gasteiger partial charge is 0.443 e. The monoisotopic (exact) mass is 431 g/mol. The summed E-state index contributed by atoms with van der Waals surface area (Å²) >= 11 is 0. The summed E-state index contributed by atoms with van der Waals surface area (Å²) in [5.41, 5.74) is 4.41. The van der Waals surface area contributed by atoms with E-state index in [1.165, 1.54) is 12.1 Å². The molecule has 8 heteroatoms. The molecule has 0 aliphatic carbocycles. The van der Waals surface area contributed by atoms with Crippen molar-refractivity contribution in [2.24, 2.45) is 10.2 Å². The lowest BCUT2D eigenvalue weighted by atomic mass is 10.0. The predicted octanol–water partition coefficient (Wildman–Crippen LogP) is 4.16. The third-order valence-electron chi connectivity index (χ3n) is 5.14. The number of nitrogens with zero attached hydrogens (tertiary/aromatic N) is 4. The molecule has 162 valence electrons. The van der Waals surface area contributed by atoms with Crippen molar-refractivity contribution in [1.29, 1.82) is 0 Å². The number of hydrogen-bond donors (Lipinski definition) is 1. The first-order valence-electron chi connectivity index (χ1n) is 10.0. The molecule has 2 heterocycles. The zero-order valence-corrected chi connectivity index (χ0v) is 17.9. The number of benzene rings is 2. The Bertz CT molecular complexity index is 1180. The van der Waals surface area contributed by atoms with Crippen LogP contribution in [-0.2, 0) is 10.5 Å². The summed E-state index contributed by atoms with van der Waals surface area (Å²) in [5.74, 6) is 0.0548. The number of hydrazone groups is 2. The highest BCUT2D eigenvalue weighted by Gasteiger charge is 2.44. The van der Waals surface area contributed by atoms with Crippen molar-refractivity contribution >= 4 is 17.6 Å². The van der Waals surface area contributed by atoms with Crippen LogP contribution < -0.4 is 5.43 Å². The van der Waals surface area contributed by atoms with Gasteiger partial charge < -0.3 is 4.74 Å². The topological polar surface area (TPSA) is 79.2 Å². The molecule has 0 spiro atoms. The molecule has 1 aliphatic heterocycles. The van der Waals surface area contributed by atoms with Crippen LogP contribution in [0.2, 0.25) is 0 Å². The first-order chi connectivity index (χ1) is 15.4. The van der Waals surface area contributed by atoms with Gasteiger partial charge in [-0.3, -0.25) is 9.78 Å². The molecule has 32 heavy (non-hydrogen) atoms. The summed E-state index contributed by atoms with van der Waals surface area (Å²) in [7, 11) is 0. The smallest absolute Gasteiger partial charge is 0.271 e. The quantitative estimate of drug-likeness (QED) is 0.382. The summed E-state index contributed by atoms with van der Waals surface area (Å²) in [6.07, 6.45) is 3.28. The standard InChI is InChI=1S/C24H22FN5O2/c1-16-4-6-18(7-5-16)22(31)28-27-17(2)30-24(3,20-8-10-21(25)11-9-20)32-23(29-30)19-12-14-26-15-13-19/h4-15H,1-3H3,(H,28,31)/b27-17+. The number of nitrogens with one attached hydrogen (secondary N) is 1. The normalized spacial score (nSPS) is 18.2. The second kappa shape index (κ2) is 8.58. The fraction of sp³-hybridized carbons (Fsp3) is 0.167. The number of pyridine rings is 1. The Kier molecular flexibility index (Phi) is 5.68. The maximum Gasteiger partial charge on any atom is 0.271 e. The van der Waals surface area contributed by atoms with E-state index in [0.29, 0.717) is 22.9 Å². The van der Waals surface area contributed by atoms with Crippen molar-refractivity contribution < 1.29 is 13.9 Å². The molecule has 0 saturated heterocycles. The second-order valence-corrected chi connectivity index (χ2v) is 7.51. The lowest BCUT2D eigenvalue weighted by molar-refractivity contribution is -0.0103. The molecule has 1 aliphatic rings. The molecule has 1 N–H and O–H groups in total. The van der Waals surface area contributed by atoms with Crippen LogP contribution in [-0.4, -0.2) is 27.6 Å². The van der Waals surface area contributed by atoms with Crippen LogP contribution in [0.15, 0.2) is 83.3 Å². The molecule has 3 aromatic rings. The van der Waals surface area contributed by atoms with E-state index in [-0.39, 0.29) is 11.7 Å². The molecule has 1 aromatic heterocycles. The van der Waals surface area contributed by atoms with Crippen LogP contribution in [0.25, 0.3) is 0 Å². The van der Waals surface area contributed by atoms with E-state index in [1.54, 1.807) is 67.6 Å². The van der Waals surface area contributed by atoms with Crippen molar-refractivity contribution in [2.75, 3.05) is 0 Å². The minimum absolute atomic E-state index is 0.341. The van der Waals surface area contributed by atoms with E-state index in [2.05, 4.69) is 20.6 Å². The van der Waals surface area contributed by atoms with Crippen molar-refractivity contribution in [1.82, 2.24) is 15.4 Å². The molecule has 1 amide bonds. The zero-order valence-electron chi connectivity index (χ0n) is 17.9. The third-order valence-corrected chi connectivity index (χ3v) is 5.14. The molecule has 0 bridgehead atoms. The molecular formula is C24H22FN5O2. The van der Waals surface area contributed by atoms with Gasteiger partial charge in [0.05, 0.1) is 0 Å². The predicted molar refractivity (Wildman–Crippen MR) is 119 cm³/mol. The zero-order chi connectivity index (χ0) is 22.7. The highest BCUT2D eigenvalue weighted by molar-refractivity contribution is 5.98. The Labute approximate surface area is 185 Å². The number of carbonyl (C=O) groups excluding carboxylic acids is 1. The molecule has 0 radical (unpaired) electrons. The van der Waals surface area contributed by atoms with Crippen molar-refractivity contribution in [3.05, 3.63) is 101 Å². The number of amides is 1. The summed E-state index contributed by atoms with van der Waals surface area (Å²) in [6.45, 7) is 5.46. The summed E-state index contributed by atoms with van der Waals surface area (Å²) in [4.78, 5) is 16.5. The van der Waals surface area contributed by atoms with E-state index in [4.69, 9.17) is 4.74 Å². The van der Waals surface area contributed by atoms with Gasteiger partial charge in [0, 0.05) is 36.0 Å². The molecule has 4 rings (SSSR count). The van der Waals surface area contributed by atoms with E-state index in [1.807, 2.05) is 19.1 Å². The van der Waals surface area contributed by atoms with Gasteiger partial charge >= 0.3 is 0 Å². The summed E-state index contributed by atoms with van der Waals surface area (Å²) in [5, 5.41) is 10.4. The number of aromatic nitrogens is 1. The molecule has 1 unspecified atom stereocenters. The fourth-order valence-electron chi connectivity index (χ4n) is 3.32. The number of ether oxygens (including phenoxy) is 1. The van der Waals surface area contributed by atoms with Gasteiger partial charge in [0.25, 0.3) is 5.91 Å².